The van der Waals surface area contributed by atoms with Crippen LogP contribution in [0.5, 0.6) is 0 Å². The molecule has 0 bridgehead atoms. The second kappa shape index (κ2) is 7.24. The molecule has 1 saturated carbocycles. The summed E-state index contributed by atoms with van der Waals surface area (Å²) in [6, 6.07) is 3.52. The average molecular weight is 292 g/mol. The maximum absolute atomic E-state index is 11.1. The second-order valence-corrected chi connectivity index (χ2v) is 5.66. The van der Waals surface area contributed by atoms with Crippen LogP contribution >= 0.6 is 0 Å². The van der Waals surface area contributed by atoms with Crippen LogP contribution in [0.2, 0.25) is 0 Å². The summed E-state index contributed by atoms with van der Waals surface area (Å²) in [6.07, 6.45) is 6.97. The maximum atomic E-state index is 11.1. The molecule has 0 atom stereocenters. The standard InChI is InChI=1S/C15H24N4O2/c1-3-9-16-14-10-13(19(20)21)11-15(17-14)18(2)12-7-5-4-6-8-12/h10-12H,3-9H2,1-2H3,(H,16,17). The largest absolute Gasteiger partial charge is 0.370 e. The van der Waals surface area contributed by atoms with Crippen molar-refractivity contribution in [3.8, 4) is 0 Å². The van der Waals surface area contributed by atoms with Crippen molar-refractivity contribution in [2.45, 2.75) is 51.5 Å². The molecule has 1 aromatic heterocycles. The number of nitrogens with zero attached hydrogens (tertiary/aromatic N) is 3. The van der Waals surface area contributed by atoms with Gasteiger partial charge in [0.15, 0.2) is 0 Å². The van der Waals surface area contributed by atoms with E-state index >= 15 is 0 Å². The van der Waals surface area contributed by atoms with Crippen LogP contribution < -0.4 is 10.2 Å². The Bertz CT molecular complexity index is 487. The number of aromatic nitrogens is 1. The first-order valence-corrected chi connectivity index (χ1v) is 7.75. The third-order valence-electron chi connectivity index (χ3n) is 4.05. The third kappa shape index (κ3) is 4.06. The fourth-order valence-electron chi connectivity index (χ4n) is 2.79. The van der Waals surface area contributed by atoms with E-state index in [9.17, 15) is 10.1 Å². The highest BCUT2D eigenvalue weighted by molar-refractivity contribution is 5.56. The summed E-state index contributed by atoms with van der Waals surface area (Å²) in [6.45, 7) is 2.82. The molecule has 1 heterocycles. The first kappa shape index (κ1) is 15.5. The molecule has 0 unspecified atom stereocenters. The van der Waals surface area contributed by atoms with E-state index in [2.05, 4.69) is 22.1 Å². The molecule has 0 aliphatic heterocycles. The predicted molar refractivity (Wildman–Crippen MR) is 84.9 cm³/mol. The van der Waals surface area contributed by atoms with Gasteiger partial charge in [-0.3, -0.25) is 10.1 Å². The van der Waals surface area contributed by atoms with Gasteiger partial charge in [-0.05, 0) is 19.3 Å². The number of hydrogen-bond acceptors (Lipinski definition) is 5. The Kier molecular flexibility index (Phi) is 5.36. The van der Waals surface area contributed by atoms with Gasteiger partial charge in [-0.1, -0.05) is 26.2 Å². The predicted octanol–water partition coefficient (Wildman–Crippen LogP) is 3.58. The summed E-state index contributed by atoms with van der Waals surface area (Å²) in [5.74, 6) is 1.28. The zero-order valence-corrected chi connectivity index (χ0v) is 12.8. The first-order chi connectivity index (χ1) is 10.1. The van der Waals surface area contributed by atoms with Crippen molar-refractivity contribution in [3.05, 3.63) is 22.2 Å². The van der Waals surface area contributed by atoms with Gasteiger partial charge in [-0.25, -0.2) is 4.98 Å². The highest BCUT2D eigenvalue weighted by Gasteiger charge is 2.21. The molecule has 0 amide bonds. The van der Waals surface area contributed by atoms with Gasteiger partial charge in [0.05, 0.1) is 17.1 Å². The minimum Gasteiger partial charge on any atom is -0.370 e. The van der Waals surface area contributed by atoms with Gasteiger partial charge >= 0.3 is 0 Å². The smallest absolute Gasteiger partial charge is 0.276 e. The Balaban J connectivity index is 2.23. The van der Waals surface area contributed by atoms with Crippen LogP contribution in [-0.2, 0) is 0 Å². The Morgan fingerprint density at radius 1 is 1.38 bits per heavy atom. The topological polar surface area (TPSA) is 71.3 Å². The Labute approximate surface area is 125 Å². The number of nitrogens with one attached hydrogen (secondary N) is 1. The van der Waals surface area contributed by atoms with Gasteiger partial charge in [-0.2, -0.15) is 0 Å². The van der Waals surface area contributed by atoms with Crippen LogP contribution in [0.1, 0.15) is 45.4 Å². The summed E-state index contributed by atoms with van der Waals surface area (Å²) in [4.78, 5) is 17.4. The maximum Gasteiger partial charge on any atom is 0.276 e. The van der Waals surface area contributed by atoms with Gasteiger partial charge in [0.25, 0.3) is 5.69 Å². The van der Waals surface area contributed by atoms with E-state index in [4.69, 9.17) is 0 Å². The number of anilines is 2. The Morgan fingerprint density at radius 3 is 2.71 bits per heavy atom. The lowest BCUT2D eigenvalue weighted by molar-refractivity contribution is -0.384. The van der Waals surface area contributed by atoms with Crippen LogP contribution in [-0.4, -0.2) is 29.5 Å². The molecule has 0 saturated heterocycles. The van der Waals surface area contributed by atoms with Crippen molar-refractivity contribution in [2.75, 3.05) is 23.8 Å². The fraction of sp³-hybridized carbons (Fsp3) is 0.667. The summed E-state index contributed by atoms with van der Waals surface area (Å²) in [5, 5.41) is 14.3. The average Bonchev–Trinajstić information content (AvgIpc) is 2.52. The van der Waals surface area contributed by atoms with Gasteiger partial charge in [0.2, 0.25) is 0 Å². The third-order valence-corrected chi connectivity index (χ3v) is 4.05. The molecule has 1 fully saturated rings. The molecule has 6 nitrogen and oxygen atoms in total. The molecule has 0 aromatic carbocycles. The van der Waals surface area contributed by atoms with E-state index < -0.39 is 0 Å². The quantitative estimate of drug-likeness (QED) is 0.641. The fourth-order valence-corrected chi connectivity index (χ4v) is 2.79. The monoisotopic (exact) mass is 292 g/mol. The van der Waals surface area contributed by atoms with Crippen LogP contribution in [0.4, 0.5) is 17.3 Å². The lowest BCUT2D eigenvalue weighted by Crippen LogP contribution is -2.34. The normalized spacial score (nSPS) is 15.7. The molecule has 21 heavy (non-hydrogen) atoms. The van der Waals surface area contributed by atoms with Crippen LogP contribution in [0.15, 0.2) is 12.1 Å². The van der Waals surface area contributed by atoms with Crippen molar-refractivity contribution in [1.29, 1.82) is 0 Å². The van der Waals surface area contributed by atoms with E-state index in [0.717, 1.165) is 25.8 Å². The van der Waals surface area contributed by atoms with E-state index in [1.165, 1.54) is 25.3 Å². The van der Waals surface area contributed by atoms with Gasteiger partial charge < -0.3 is 10.2 Å². The van der Waals surface area contributed by atoms with Gasteiger partial charge in [0.1, 0.15) is 11.6 Å². The molecule has 1 aliphatic rings. The van der Waals surface area contributed by atoms with Gasteiger partial charge in [0, 0.05) is 19.6 Å². The second-order valence-electron chi connectivity index (χ2n) is 5.66. The van der Waals surface area contributed by atoms with Crippen molar-refractivity contribution < 1.29 is 4.92 Å². The number of nitro groups is 1. The molecule has 0 spiro atoms. The molecular weight excluding hydrogens is 268 g/mol. The summed E-state index contributed by atoms with van der Waals surface area (Å²) < 4.78 is 0. The summed E-state index contributed by atoms with van der Waals surface area (Å²) in [7, 11) is 1.99. The minimum atomic E-state index is -0.350. The zero-order chi connectivity index (χ0) is 15.2. The van der Waals surface area contributed by atoms with E-state index in [1.54, 1.807) is 6.07 Å². The van der Waals surface area contributed by atoms with Gasteiger partial charge in [-0.15, -0.1) is 0 Å². The van der Waals surface area contributed by atoms with E-state index in [-0.39, 0.29) is 10.6 Å². The van der Waals surface area contributed by atoms with Crippen molar-refractivity contribution in [3.63, 3.8) is 0 Å². The highest BCUT2D eigenvalue weighted by Crippen LogP contribution is 2.28. The van der Waals surface area contributed by atoms with E-state index in [1.807, 2.05) is 7.05 Å². The zero-order valence-electron chi connectivity index (χ0n) is 12.8. The lowest BCUT2D eigenvalue weighted by Gasteiger charge is -2.32. The van der Waals surface area contributed by atoms with Crippen molar-refractivity contribution in [2.24, 2.45) is 0 Å². The summed E-state index contributed by atoms with van der Waals surface area (Å²) >= 11 is 0. The van der Waals surface area contributed by atoms with Crippen LogP contribution in [0.3, 0.4) is 0 Å². The molecular formula is C15H24N4O2. The van der Waals surface area contributed by atoms with Crippen molar-refractivity contribution >= 4 is 17.3 Å². The Hall–Kier alpha value is -1.85. The van der Waals surface area contributed by atoms with Crippen LogP contribution in [0.25, 0.3) is 0 Å². The molecule has 1 N–H and O–H groups in total. The minimum absolute atomic E-state index is 0.0984. The number of pyridine rings is 1. The SMILES string of the molecule is CCCNc1cc([N+](=O)[O-])cc(N(C)C2CCCCC2)n1. The molecule has 1 aliphatic carbocycles. The number of hydrogen-bond donors (Lipinski definition) is 1. The van der Waals surface area contributed by atoms with Crippen LogP contribution in [0, 0.1) is 10.1 Å². The molecule has 1 aromatic rings. The molecule has 0 radical (unpaired) electrons. The highest BCUT2D eigenvalue weighted by atomic mass is 16.6. The Morgan fingerprint density at radius 2 is 2.10 bits per heavy atom. The first-order valence-electron chi connectivity index (χ1n) is 7.75. The van der Waals surface area contributed by atoms with Crippen molar-refractivity contribution in [1.82, 2.24) is 4.98 Å². The molecule has 2 rings (SSSR count). The molecule has 6 heteroatoms. The number of rotatable bonds is 6. The summed E-state index contributed by atoms with van der Waals surface area (Å²) in [5.41, 5.74) is 0.0984. The molecule has 116 valence electrons. The van der Waals surface area contributed by atoms with E-state index in [0.29, 0.717) is 17.7 Å². The lowest BCUT2D eigenvalue weighted by atomic mass is 9.94.